The van der Waals surface area contributed by atoms with Crippen LogP contribution in [0.4, 0.5) is 0 Å². The SMILES string of the molecule is C1=CC(c2ccccn2)=N[N]N1. The van der Waals surface area contributed by atoms with E-state index in [0.29, 0.717) is 0 Å². The van der Waals surface area contributed by atoms with Gasteiger partial charge >= 0.3 is 0 Å². The molecule has 0 saturated carbocycles. The summed E-state index contributed by atoms with van der Waals surface area (Å²) in [6.07, 6.45) is 5.28. The molecule has 0 fully saturated rings. The standard InChI is InChI=1S/C8H7N4/c1-2-5-9-7(3-1)8-4-6-10-12-11-8/h1-6,10H. The molecule has 0 atom stereocenters. The molecule has 0 aromatic carbocycles. The summed E-state index contributed by atoms with van der Waals surface area (Å²) in [6, 6.07) is 5.68. The average Bonchev–Trinajstić information content (AvgIpc) is 2.21. The van der Waals surface area contributed by atoms with Crippen molar-refractivity contribution < 1.29 is 0 Å². The fraction of sp³-hybridized carbons (Fsp3) is 0. The summed E-state index contributed by atoms with van der Waals surface area (Å²) < 4.78 is 0. The lowest BCUT2D eigenvalue weighted by atomic mass is 10.2. The van der Waals surface area contributed by atoms with Gasteiger partial charge < -0.3 is 0 Å². The van der Waals surface area contributed by atoms with Gasteiger partial charge in [0.15, 0.2) is 0 Å². The quantitative estimate of drug-likeness (QED) is 0.645. The van der Waals surface area contributed by atoms with Gasteiger partial charge in [0, 0.05) is 12.4 Å². The molecular formula is C8H7N4. The Hall–Kier alpha value is -1.84. The molecule has 2 heterocycles. The van der Waals surface area contributed by atoms with Gasteiger partial charge in [0.25, 0.3) is 0 Å². The summed E-state index contributed by atoms with van der Waals surface area (Å²) in [7, 11) is 0. The molecule has 1 aliphatic heterocycles. The van der Waals surface area contributed by atoms with Crippen LogP contribution in [0.3, 0.4) is 0 Å². The second-order valence-corrected chi connectivity index (χ2v) is 2.26. The van der Waals surface area contributed by atoms with Crippen molar-refractivity contribution in [3.63, 3.8) is 0 Å². The van der Waals surface area contributed by atoms with Gasteiger partial charge in [0.1, 0.15) is 5.71 Å². The van der Waals surface area contributed by atoms with E-state index in [1.807, 2.05) is 24.3 Å². The maximum atomic E-state index is 4.13. The van der Waals surface area contributed by atoms with Crippen LogP contribution in [0.2, 0.25) is 0 Å². The fourth-order valence-corrected chi connectivity index (χ4v) is 0.916. The van der Waals surface area contributed by atoms with Crippen LogP contribution < -0.4 is 11.0 Å². The number of pyridine rings is 1. The first-order chi connectivity index (χ1) is 5.97. The number of hydrogen-bond donors (Lipinski definition) is 1. The van der Waals surface area contributed by atoms with Gasteiger partial charge in [-0.05, 0) is 18.2 Å². The van der Waals surface area contributed by atoms with Crippen molar-refractivity contribution in [3.05, 3.63) is 42.4 Å². The highest BCUT2D eigenvalue weighted by molar-refractivity contribution is 6.07. The van der Waals surface area contributed by atoms with Gasteiger partial charge in [-0.2, -0.15) is 0 Å². The van der Waals surface area contributed by atoms with E-state index >= 15 is 0 Å². The summed E-state index contributed by atoms with van der Waals surface area (Å²) in [4.78, 5) is 4.13. The third kappa shape index (κ3) is 1.27. The van der Waals surface area contributed by atoms with Crippen LogP contribution in [0.5, 0.6) is 0 Å². The van der Waals surface area contributed by atoms with Crippen molar-refractivity contribution in [3.8, 4) is 0 Å². The Morgan fingerprint density at radius 2 is 2.25 bits per heavy atom. The topological polar surface area (TPSA) is 51.4 Å². The smallest absolute Gasteiger partial charge is 0.115 e. The van der Waals surface area contributed by atoms with E-state index in [-0.39, 0.29) is 0 Å². The molecule has 4 heteroatoms. The molecule has 1 aliphatic rings. The zero-order valence-corrected chi connectivity index (χ0v) is 6.31. The van der Waals surface area contributed by atoms with Gasteiger partial charge in [-0.25, -0.2) is 0 Å². The first-order valence-electron chi connectivity index (χ1n) is 3.58. The van der Waals surface area contributed by atoms with E-state index in [2.05, 4.69) is 21.0 Å². The van der Waals surface area contributed by atoms with E-state index in [1.54, 1.807) is 12.4 Å². The van der Waals surface area contributed by atoms with E-state index in [4.69, 9.17) is 0 Å². The number of allylic oxidation sites excluding steroid dienone is 1. The molecule has 1 aromatic heterocycles. The minimum absolute atomic E-state index is 0.773. The zero-order valence-electron chi connectivity index (χ0n) is 6.31. The van der Waals surface area contributed by atoms with Crippen LogP contribution in [-0.2, 0) is 0 Å². The second kappa shape index (κ2) is 3.04. The highest BCUT2D eigenvalue weighted by Gasteiger charge is 2.02. The Morgan fingerprint density at radius 1 is 1.25 bits per heavy atom. The Labute approximate surface area is 70.0 Å². The highest BCUT2D eigenvalue weighted by Crippen LogP contribution is 1.99. The van der Waals surface area contributed by atoms with Crippen LogP contribution in [-0.4, -0.2) is 10.7 Å². The van der Waals surface area contributed by atoms with Gasteiger partial charge in [-0.3, -0.25) is 10.4 Å². The first kappa shape index (κ1) is 6.84. The molecule has 0 amide bonds. The Morgan fingerprint density at radius 3 is 2.92 bits per heavy atom. The molecule has 0 unspecified atom stereocenters. The van der Waals surface area contributed by atoms with Gasteiger partial charge in [-0.15, -0.1) is 5.10 Å². The lowest BCUT2D eigenvalue weighted by molar-refractivity contribution is 0.643. The maximum Gasteiger partial charge on any atom is 0.115 e. The molecule has 12 heavy (non-hydrogen) atoms. The minimum atomic E-state index is 0.773. The number of aromatic nitrogens is 1. The van der Waals surface area contributed by atoms with Crippen molar-refractivity contribution in [1.82, 2.24) is 15.9 Å². The molecule has 0 spiro atoms. The molecule has 1 aromatic rings. The summed E-state index contributed by atoms with van der Waals surface area (Å²) in [5, 5.41) is 3.88. The number of hydrogen-bond acceptors (Lipinski definition) is 3. The average molecular weight is 159 g/mol. The normalized spacial score (nSPS) is 14.5. The molecule has 0 saturated heterocycles. The molecule has 59 valence electrons. The molecular weight excluding hydrogens is 152 g/mol. The lowest BCUT2D eigenvalue weighted by Crippen LogP contribution is -2.20. The fourth-order valence-electron chi connectivity index (χ4n) is 0.916. The number of nitrogens with one attached hydrogen (secondary N) is 1. The Bertz CT molecular complexity index is 315. The minimum Gasteiger partial charge on any atom is -0.267 e. The lowest BCUT2D eigenvalue weighted by Gasteiger charge is -2.04. The summed E-state index contributed by atoms with van der Waals surface area (Å²) in [5.74, 6) is 0. The third-order valence-corrected chi connectivity index (χ3v) is 1.46. The van der Waals surface area contributed by atoms with Crippen LogP contribution in [0, 0.1) is 0 Å². The molecule has 0 aliphatic carbocycles. The number of nitrogens with zero attached hydrogens (tertiary/aromatic N) is 3. The molecule has 1 radical (unpaired) electrons. The van der Waals surface area contributed by atoms with Crippen molar-refractivity contribution >= 4 is 5.71 Å². The van der Waals surface area contributed by atoms with E-state index in [0.717, 1.165) is 11.4 Å². The van der Waals surface area contributed by atoms with Crippen molar-refractivity contribution in [2.75, 3.05) is 0 Å². The van der Waals surface area contributed by atoms with E-state index < -0.39 is 0 Å². The first-order valence-corrected chi connectivity index (χ1v) is 3.58. The summed E-state index contributed by atoms with van der Waals surface area (Å²) in [5.41, 5.74) is 7.86. The molecule has 4 nitrogen and oxygen atoms in total. The van der Waals surface area contributed by atoms with Crippen LogP contribution >= 0.6 is 0 Å². The second-order valence-electron chi connectivity index (χ2n) is 2.26. The molecule has 0 bridgehead atoms. The zero-order chi connectivity index (χ0) is 8.23. The van der Waals surface area contributed by atoms with E-state index in [9.17, 15) is 0 Å². The number of rotatable bonds is 1. The van der Waals surface area contributed by atoms with Crippen LogP contribution in [0.25, 0.3) is 0 Å². The maximum absolute atomic E-state index is 4.13. The van der Waals surface area contributed by atoms with Crippen molar-refractivity contribution in [1.29, 1.82) is 0 Å². The Balaban J connectivity index is 2.31. The van der Waals surface area contributed by atoms with Crippen LogP contribution in [0.1, 0.15) is 5.69 Å². The monoisotopic (exact) mass is 159 g/mol. The van der Waals surface area contributed by atoms with Crippen molar-refractivity contribution in [2.24, 2.45) is 5.10 Å². The largest absolute Gasteiger partial charge is 0.267 e. The summed E-state index contributed by atoms with van der Waals surface area (Å²) in [6.45, 7) is 0. The third-order valence-electron chi connectivity index (χ3n) is 1.46. The van der Waals surface area contributed by atoms with Crippen LogP contribution in [0.15, 0.2) is 41.8 Å². The van der Waals surface area contributed by atoms with Gasteiger partial charge in [0.2, 0.25) is 0 Å². The molecule has 2 rings (SSSR count). The Kier molecular flexibility index (Phi) is 1.74. The predicted octanol–water partition coefficient (Wildman–Crippen LogP) is 0.422. The predicted molar refractivity (Wildman–Crippen MR) is 45.2 cm³/mol. The highest BCUT2D eigenvalue weighted by atomic mass is 15.6. The van der Waals surface area contributed by atoms with E-state index in [1.165, 1.54) is 0 Å². The van der Waals surface area contributed by atoms with Gasteiger partial charge in [0.05, 0.1) is 5.69 Å². The molecule has 1 N–H and O–H groups in total. The van der Waals surface area contributed by atoms with Gasteiger partial charge in [-0.1, -0.05) is 11.6 Å². The van der Waals surface area contributed by atoms with Crippen molar-refractivity contribution in [2.45, 2.75) is 0 Å². The summed E-state index contributed by atoms with van der Waals surface area (Å²) >= 11 is 0.